The van der Waals surface area contributed by atoms with Crippen molar-refractivity contribution in [3.05, 3.63) is 0 Å². The van der Waals surface area contributed by atoms with Crippen molar-refractivity contribution in [2.45, 2.75) is 40.2 Å². The van der Waals surface area contributed by atoms with E-state index in [-0.39, 0.29) is 12.1 Å². The van der Waals surface area contributed by atoms with Gasteiger partial charge in [0.25, 0.3) is 0 Å². The van der Waals surface area contributed by atoms with Crippen molar-refractivity contribution in [3.63, 3.8) is 0 Å². The topological polar surface area (TPSA) is 32.3 Å². The SMILES string of the molecule is CC(C)CC1CN(C(=O)NC(C)C)C1. The van der Waals surface area contributed by atoms with Gasteiger partial charge in [0, 0.05) is 19.1 Å². The van der Waals surface area contributed by atoms with Gasteiger partial charge in [0.1, 0.15) is 0 Å². The highest BCUT2D eigenvalue weighted by molar-refractivity contribution is 5.75. The third-order valence-electron chi connectivity index (χ3n) is 2.46. The molecule has 1 N–H and O–H groups in total. The van der Waals surface area contributed by atoms with E-state index in [4.69, 9.17) is 0 Å². The molecule has 0 aromatic rings. The molecule has 0 unspecified atom stereocenters. The summed E-state index contributed by atoms with van der Waals surface area (Å²) >= 11 is 0. The number of nitrogens with one attached hydrogen (secondary N) is 1. The van der Waals surface area contributed by atoms with Gasteiger partial charge in [-0.05, 0) is 32.1 Å². The summed E-state index contributed by atoms with van der Waals surface area (Å²) in [5, 5.41) is 2.91. The number of amides is 2. The first-order valence-corrected chi connectivity index (χ1v) is 5.54. The summed E-state index contributed by atoms with van der Waals surface area (Å²) in [5.74, 6) is 1.48. The molecule has 1 fully saturated rings. The van der Waals surface area contributed by atoms with Crippen LogP contribution in [0.2, 0.25) is 0 Å². The molecular weight excluding hydrogens is 176 g/mol. The van der Waals surface area contributed by atoms with E-state index in [1.807, 2.05) is 18.7 Å². The first-order chi connectivity index (χ1) is 6.49. The molecule has 1 aliphatic rings. The Morgan fingerprint density at radius 3 is 2.36 bits per heavy atom. The molecule has 0 radical (unpaired) electrons. The van der Waals surface area contributed by atoms with Crippen LogP contribution in [-0.4, -0.2) is 30.1 Å². The molecule has 1 saturated heterocycles. The molecule has 0 saturated carbocycles. The van der Waals surface area contributed by atoms with Gasteiger partial charge in [0.05, 0.1) is 0 Å². The van der Waals surface area contributed by atoms with Crippen molar-refractivity contribution >= 4 is 6.03 Å². The molecule has 1 rings (SSSR count). The van der Waals surface area contributed by atoms with Gasteiger partial charge in [0.2, 0.25) is 0 Å². The zero-order valence-corrected chi connectivity index (χ0v) is 9.71. The van der Waals surface area contributed by atoms with E-state index in [1.54, 1.807) is 0 Å². The predicted molar refractivity (Wildman–Crippen MR) is 58.2 cm³/mol. The number of urea groups is 1. The zero-order valence-electron chi connectivity index (χ0n) is 9.71. The monoisotopic (exact) mass is 198 g/mol. The lowest BCUT2D eigenvalue weighted by Crippen LogP contribution is -2.55. The van der Waals surface area contributed by atoms with Crippen LogP contribution in [0.15, 0.2) is 0 Å². The summed E-state index contributed by atoms with van der Waals surface area (Å²) < 4.78 is 0. The van der Waals surface area contributed by atoms with E-state index in [2.05, 4.69) is 19.2 Å². The van der Waals surface area contributed by atoms with E-state index in [0.29, 0.717) is 0 Å². The average molecular weight is 198 g/mol. The lowest BCUT2D eigenvalue weighted by atomic mass is 9.91. The smallest absolute Gasteiger partial charge is 0.317 e. The van der Waals surface area contributed by atoms with Crippen LogP contribution in [0.25, 0.3) is 0 Å². The van der Waals surface area contributed by atoms with Crippen LogP contribution >= 0.6 is 0 Å². The molecule has 0 bridgehead atoms. The van der Waals surface area contributed by atoms with Crippen LogP contribution in [0.1, 0.15) is 34.1 Å². The molecule has 0 aliphatic carbocycles. The van der Waals surface area contributed by atoms with Gasteiger partial charge < -0.3 is 10.2 Å². The first kappa shape index (κ1) is 11.3. The number of carbonyl (C=O) groups excluding carboxylic acids is 1. The zero-order chi connectivity index (χ0) is 10.7. The number of rotatable bonds is 3. The second-order valence-electron chi connectivity index (χ2n) is 5.00. The van der Waals surface area contributed by atoms with Crippen molar-refractivity contribution in [1.82, 2.24) is 10.2 Å². The minimum atomic E-state index is 0.0972. The molecule has 0 aromatic carbocycles. The van der Waals surface area contributed by atoms with Gasteiger partial charge in [-0.1, -0.05) is 13.8 Å². The normalized spacial score (nSPS) is 17.4. The fourth-order valence-corrected chi connectivity index (χ4v) is 1.89. The first-order valence-electron chi connectivity index (χ1n) is 5.54. The van der Waals surface area contributed by atoms with Crippen LogP contribution in [0.3, 0.4) is 0 Å². The predicted octanol–water partition coefficient (Wildman–Crippen LogP) is 2.08. The molecule has 82 valence electrons. The highest BCUT2D eigenvalue weighted by Gasteiger charge is 2.30. The number of nitrogens with zero attached hydrogens (tertiary/aromatic N) is 1. The van der Waals surface area contributed by atoms with Gasteiger partial charge in [-0.15, -0.1) is 0 Å². The van der Waals surface area contributed by atoms with Crippen molar-refractivity contribution < 1.29 is 4.79 Å². The second-order valence-corrected chi connectivity index (χ2v) is 5.00. The van der Waals surface area contributed by atoms with Gasteiger partial charge >= 0.3 is 6.03 Å². The Balaban J connectivity index is 2.17. The Bertz CT molecular complexity index is 195. The fraction of sp³-hybridized carbons (Fsp3) is 0.909. The molecule has 0 aromatic heterocycles. The second kappa shape index (κ2) is 4.67. The maximum atomic E-state index is 11.5. The number of carbonyl (C=O) groups is 1. The van der Waals surface area contributed by atoms with Crippen molar-refractivity contribution in [2.24, 2.45) is 11.8 Å². The van der Waals surface area contributed by atoms with E-state index >= 15 is 0 Å². The Morgan fingerprint density at radius 1 is 1.36 bits per heavy atom. The van der Waals surface area contributed by atoms with E-state index in [1.165, 1.54) is 6.42 Å². The summed E-state index contributed by atoms with van der Waals surface area (Å²) in [6, 6.07) is 0.339. The minimum absolute atomic E-state index is 0.0972. The van der Waals surface area contributed by atoms with E-state index in [0.717, 1.165) is 24.9 Å². The van der Waals surface area contributed by atoms with Crippen molar-refractivity contribution in [1.29, 1.82) is 0 Å². The Hall–Kier alpha value is -0.730. The number of hydrogen-bond donors (Lipinski definition) is 1. The van der Waals surface area contributed by atoms with Crippen LogP contribution in [0.4, 0.5) is 4.79 Å². The summed E-state index contributed by atoms with van der Waals surface area (Å²) in [5.41, 5.74) is 0. The van der Waals surface area contributed by atoms with Crippen LogP contribution in [-0.2, 0) is 0 Å². The Labute approximate surface area is 86.9 Å². The summed E-state index contributed by atoms with van der Waals surface area (Å²) in [4.78, 5) is 13.4. The van der Waals surface area contributed by atoms with Crippen molar-refractivity contribution in [2.75, 3.05) is 13.1 Å². The molecule has 2 amide bonds. The quantitative estimate of drug-likeness (QED) is 0.740. The highest BCUT2D eigenvalue weighted by Crippen LogP contribution is 2.22. The number of hydrogen-bond acceptors (Lipinski definition) is 1. The molecule has 14 heavy (non-hydrogen) atoms. The molecule has 3 nitrogen and oxygen atoms in total. The van der Waals surface area contributed by atoms with Gasteiger partial charge in [0.15, 0.2) is 0 Å². The molecule has 1 heterocycles. The third-order valence-corrected chi connectivity index (χ3v) is 2.46. The molecular formula is C11H22N2O. The highest BCUT2D eigenvalue weighted by atomic mass is 16.2. The maximum Gasteiger partial charge on any atom is 0.317 e. The largest absolute Gasteiger partial charge is 0.336 e. The molecule has 3 heteroatoms. The molecule has 0 atom stereocenters. The van der Waals surface area contributed by atoms with Crippen molar-refractivity contribution in [3.8, 4) is 0 Å². The summed E-state index contributed by atoms with van der Waals surface area (Å²) in [6.45, 7) is 10.3. The van der Waals surface area contributed by atoms with Crippen LogP contribution in [0.5, 0.6) is 0 Å². The summed E-state index contributed by atoms with van der Waals surface area (Å²) in [7, 11) is 0. The fourth-order valence-electron chi connectivity index (χ4n) is 1.89. The number of likely N-dealkylation sites (tertiary alicyclic amines) is 1. The van der Waals surface area contributed by atoms with Crippen LogP contribution in [0, 0.1) is 11.8 Å². The average Bonchev–Trinajstić information content (AvgIpc) is 1.93. The van der Waals surface area contributed by atoms with Gasteiger partial charge in [-0.25, -0.2) is 4.79 Å². The van der Waals surface area contributed by atoms with E-state index in [9.17, 15) is 4.79 Å². The molecule has 0 spiro atoms. The lowest BCUT2D eigenvalue weighted by Gasteiger charge is -2.40. The standard InChI is InChI=1S/C11H22N2O/c1-8(2)5-10-6-13(7-10)11(14)12-9(3)4/h8-10H,5-7H2,1-4H3,(H,12,14). The minimum Gasteiger partial charge on any atom is -0.336 e. The van der Waals surface area contributed by atoms with Gasteiger partial charge in [-0.2, -0.15) is 0 Å². The third kappa shape index (κ3) is 3.20. The van der Waals surface area contributed by atoms with E-state index < -0.39 is 0 Å². The van der Waals surface area contributed by atoms with Gasteiger partial charge in [-0.3, -0.25) is 0 Å². The van der Waals surface area contributed by atoms with Crippen LogP contribution < -0.4 is 5.32 Å². The lowest BCUT2D eigenvalue weighted by molar-refractivity contribution is 0.106. The Morgan fingerprint density at radius 2 is 1.93 bits per heavy atom. The summed E-state index contributed by atoms with van der Waals surface area (Å²) in [6.07, 6.45) is 1.24. The maximum absolute atomic E-state index is 11.5. The molecule has 1 aliphatic heterocycles. The Kier molecular flexibility index (Phi) is 3.78.